The van der Waals surface area contributed by atoms with Crippen LogP contribution in [0, 0.1) is 0 Å². The third kappa shape index (κ3) is 11.8. The predicted octanol–water partition coefficient (Wildman–Crippen LogP) is 3.96. The zero-order valence-corrected chi connectivity index (χ0v) is 22.2. The topological polar surface area (TPSA) is 136 Å². The van der Waals surface area contributed by atoms with Gasteiger partial charge in [0.25, 0.3) is 0 Å². The summed E-state index contributed by atoms with van der Waals surface area (Å²) in [5, 5.41) is 30.5. The largest absolute Gasteiger partial charge is 0.468 e. The Balaban J connectivity index is 1.57. The lowest BCUT2D eigenvalue weighted by Crippen LogP contribution is -2.60. The van der Waals surface area contributed by atoms with Gasteiger partial charge in [-0.1, -0.05) is 62.6 Å². The summed E-state index contributed by atoms with van der Waals surface area (Å²) >= 11 is 0. The van der Waals surface area contributed by atoms with Crippen molar-refractivity contribution in [1.82, 2.24) is 0 Å². The molecule has 0 radical (unpaired) electrons. The summed E-state index contributed by atoms with van der Waals surface area (Å²) in [6.45, 7) is 1.80. The summed E-state index contributed by atoms with van der Waals surface area (Å²) in [6.07, 6.45) is 17.1. The number of carbonyl (C=O) groups is 1. The summed E-state index contributed by atoms with van der Waals surface area (Å²) in [4.78, 5) is 23.9. The highest BCUT2D eigenvalue weighted by Gasteiger charge is 2.45. The van der Waals surface area contributed by atoms with Crippen LogP contribution in [0.1, 0.15) is 71.1 Å². The van der Waals surface area contributed by atoms with E-state index in [1.807, 2.05) is 0 Å². The number of aliphatic hydroxyl groups excluding tert-OH is 3. The van der Waals surface area contributed by atoms with E-state index in [-0.39, 0.29) is 18.8 Å². The van der Waals surface area contributed by atoms with Crippen LogP contribution >= 0.6 is 0 Å². The summed E-state index contributed by atoms with van der Waals surface area (Å²) < 4.78 is 20.9. The lowest BCUT2D eigenvalue weighted by atomic mass is 9.99. The molecule has 38 heavy (non-hydrogen) atoms. The molecule has 1 saturated heterocycles. The number of esters is 1. The van der Waals surface area contributed by atoms with E-state index in [4.69, 9.17) is 18.6 Å². The summed E-state index contributed by atoms with van der Waals surface area (Å²) in [5.74, 6) is -0.668. The molecule has 1 aromatic rings. The number of carbonyl (C=O) groups excluding carboxylic acids is 1. The molecule has 0 aliphatic carbocycles. The minimum atomic E-state index is -1.62. The number of hydrogen-bond donors (Lipinski definition) is 3. The van der Waals surface area contributed by atoms with Gasteiger partial charge in [-0.2, -0.15) is 0 Å². The van der Waals surface area contributed by atoms with Crippen molar-refractivity contribution in [1.29, 1.82) is 0 Å². The van der Waals surface area contributed by atoms with Gasteiger partial charge in [0.15, 0.2) is 0 Å². The van der Waals surface area contributed by atoms with E-state index < -0.39 is 42.1 Å². The molecular formula is C29H42O9. The van der Waals surface area contributed by atoms with Crippen molar-refractivity contribution in [3.8, 4) is 5.75 Å². The van der Waals surface area contributed by atoms with Gasteiger partial charge in [-0.3, -0.25) is 9.59 Å². The average molecular weight is 535 g/mol. The Hall–Kier alpha value is -2.72. The van der Waals surface area contributed by atoms with E-state index in [2.05, 4.69) is 43.4 Å². The molecule has 0 aromatic carbocycles. The normalized spacial score (nSPS) is 23.9. The Bertz CT molecular complexity index is 936. The number of unbranched alkanes of at least 4 members (excludes halogenated alkanes) is 5. The zero-order chi connectivity index (χ0) is 27.6. The molecule has 212 valence electrons. The molecule has 9 nitrogen and oxygen atoms in total. The third-order valence-corrected chi connectivity index (χ3v) is 6.07. The first-order chi connectivity index (χ1) is 18.4. The highest BCUT2D eigenvalue weighted by molar-refractivity contribution is 5.69. The Labute approximate surface area is 224 Å². The molecule has 5 unspecified atom stereocenters. The Morgan fingerprint density at radius 3 is 2.34 bits per heavy atom. The van der Waals surface area contributed by atoms with E-state index in [9.17, 15) is 24.9 Å². The lowest BCUT2D eigenvalue weighted by molar-refractivity contribution is -0.279. The maximum absolute atomic E-state index is 12.1. The van der Waals surface area contributed by atoms with Crippen molar-refractivity contribution in [2.24, 2.45) is 0 Å². The molecular weight excluding hydrogens is 492 g/mol. The van der Waals surface area contributed by atoms with Crippen LogP contribution in [0.3, 0.4) is 0 Å². The van der Waals surface area contributed by atoms with Gasteiger partial charge in [-0.05, 0) is 38.5 Å². The van der Waals surface area contributed by atoms with E-state index >= 15 is 0 Å². The predicted molar refractivity (Wildman–Crippen MR) is 143 cm³/mol. The number of hydrogen-bond acceptors (Lipinski definition) is 9. The first-order valence-electron chi connectivity index (χ1n) is 13.5. The van der Waals surface area contributed by atoms with Crippen molar-refractivity contribution in [3.63, 3.8) is 0 Å². The molecule has 0 bridgehead atoms. The quantitative estimate of drug-likeness (QED) is 0.154. The van der Waals surface area contributed by atoms with Gasteiger partial charge in [0.2, 0.25) is 17.5 Å². The van der Waals surface area contributed by atoms with Gasteiger partial charge in [-0.25, -0.2) is 0 Å². The first kappa shape index (κ1) is 31.5. The molecule has 3 N–H and O–H groups in total. The maximum atomic E-state index is 12.1. The molecule has 2 rings (SSSR count). The van der Waals surface area contributed by atoms with Crippen molar-refractivity contribution in [2.75, 3.05) is 6.61 Å². The smallest absolute Gasteiger partial charge is 0.305 e. The van der Waals surface area contributed by atoms with Crippen LogP contribution in [0.5, 0.6) is 5.75 Å². The second-order valence-corrected chi connectivity index (χ2v) is 9.20. The van der Waals surface area contributed by atoms with E-state index in [1.165, 1.54) is 6.26 Å². The van der Waals surface area contributed by atoms with E-state index in [1.54, 1.807) is 0 Å². The SMILES string of the molecule is CCC=CCC=CCC=CCCCCCCCC(=O)OCC1OC(Oc2coccc2=O)C(O)C(O)C1O. The van der Waals surface area contributed by atoms with Crippen molar-refractivity contribution >= 4 is 5.97 Å². The molecule has 2 heterocycles. The monoisotopic (exact) mass is 534 g/mol. The van der Waals surface area contributed by atoms with Crippen LogP contribution in [-0.4, -0.2) is 58.6 Å². The molecule has 0 amide bonds. The highest BCUT2D eigenvalue weighted by atomic mass is 16.7. The molecule has 1 aliphatic rings. The van der Waals surface area contributed by atoms with Gasteiger partial charge >= 0.3 is 5.97 Å². The van der Waals surface area contributed by atoms with E-state index in [0.717, 1.165) is 63.7 Å². The number of ether oxygens (including phenoxy) is 3. The first-order valence-corrected chi connectivity index (χ1v) is 13.5. The lowest BCUT2D eigenvalue weighted by Gasteiger charge is -2.39. The minimum Gasteiger partial charge on any atom is -0.468 e. The van der Waals surface area contributed by atoms with Gasteiger partial charge < -0.3 is 33.9 Å². The molecule has 1 aromatic heterocycles. The fourth-order valence-electron chi connectivity index (χ4n) is 3.84. The number of aliphatic hydroxyl groups is 3. The molecule has 1 fully saturated rings. The van der Waals surface area contributed by atoms with Gasteiger partial charge in [0.1, 0.15) is 37.3 Å². The van der Waals surface area contributed by atoms with E-state index in [0.29, 0.717) is 6.42 Å². The van der Waals surface area contributed by atoms with Crippen LogP contribution in [0.4, 0.5) is 0 Å². The van der Waals surface area contributed by atoms with Crippen molar-refractivity contribution in [3.05, 3.63) is 65.3 Å². The summed E-state index contributed by atoms with van der Waals surface area (Å²) in [5.41, 5.74) is -0.508. The highest BCUT2D eigenvalue weighted by Crippen LogP contribution is 2.23. The van der Waals surface area contributed by atoms with Gasteiger partial charge in [-0.15, -0.1) is 0 Å². The fraction of sp³-hybridized carbons (Fsp3) is 0.586. The number of allylic oxidation sites excluding steroid dienone is 6. The van der Waals surface area contributed by atoms with Crippen LogP contribution in [0.2, 0.25) is 0 Å². The molecule has 5 atom stereocenters. The number of rotatable bonds is 17. The van der Waals surface area contributed by atoms with Gasteiger partial charge in [0, 0.05) is 12.5 Å². The second-order valence-electron chi connectivity index (χ2n) is 9.20. The van der Waals surface area contributed by atoms with Crippen molar-refractivity contribution in [2.45, 2.75) is 102 Å². The van der Waals surface area contributed by atoms with Gasteiger partial charge in [0.05, 0.1) is 6.26 Å². The van der Waals surface area contributed by atoms with Crippen molar-refractivity contribution < 1.29 is 38.7 Å². The van der Waals surface area contributed by atoms with Crippen LogP contribution in [-0.2, 0) is 14.3 Å². The molecule has 9 heteroatoms. The van der Waals surface area contributed by atoms with Crippen LogP contribution < -0.4 is 10.2 Å². The zero-order valence-electron chi connectivity index (χ0n) is 22.2. The molecule has 1 aliphatic heterocycles. The maximum Gasteiger partial charge on any atom is 0.305 e. The third-order valence-electron chi connectivity index (χ3n) is 6.07. The average Bonchev–Trinajstić information content (AvgIpc) is 2.91. The van der Waals surface area contributed by atoms with Crippen LogP contribution in [0.25, 0.3) is 0 Å². The molecule has 0 saturated carbocycles. The Morgan fingerprint density at radius 1 is 0.921 bits per heavy atom. The standard InChI is InChI=1S/C29H42O9/c1-2-3-4-5-6-7-8-9-10-11-12-13-14-15-16-17-25(31)36-21-24-26(32)27(33)28(34)29(38-24)37-23-20-35-19-18-22(23)30/h3-4,6-7,9-10,18-20,24,26-29,32-34H,2,5,8,11-17,21H2,1H3. The fourth-order valence-corrected chi connectivity index (χ4v) is 3.84. The minimum absolute atomic E-state index is 0.227. The summed E-state index contributed by atoms with van der Waals surface area (Å²) in [6, 6.07) is 1.13. The summed E-state index contributed by atoms with van der Waals surface area (Å²) in [7, 11) is 0. The Morgan fingerprint density at radius 2 is 1.61 bits per heavy atom. The second kappa shape index (κ2) is 18.5. The molecule has 0 spiro atoms. The Kier molecular flexibility index (Phi) is 15.3. The van der Waals surface area contributed by atoms with Crippen LogP contribution in [0.15, 0.2) is 64.3 Å².